The number of hydrogen-bond acceptors (Lipinski definition) is 2. The topological polar surface area (TPSA) is 26.3 Å². The summed E-state index contributed by atoms with van der Waals surface area (Å²) in [5.41, 5.74) is 0. The second kappa shape index (κ2) is 2.40. The summed E-state index contributed by atoms with van der Waals surface area (Å²) in [7, 11) is 0. The zero-order valence-electron chi connectivity index (χ0n) is 5.06. The van der Waals surface area contributed by atoms with Gasteiger partial charge < -0.3 is 4.74 Å². The average Bonchev–Trinajstić information content (AvgIpc) is 1.80. The highest BCUT2D eigenvalue weighted by atomic mass is 35.5. The van der Waals surface area contributed by atoms with Crippen molar-refractivity contribution in [1.29, 1.82) is 0 Å². The van der Waals surface area contributed by atoms with Gasteiger partial charge in [-0.1, -0.05) is 6.92 Å². The van der Waals surface area contributed by atoms with Crippen LogP contribution in [-0.2, 0) is 9.53 Å². The molecule has 0 saturated carbocycles. The summed E-state index contributed by atoms with van der Waals surface area (Å²) in [5, 5.41) is 0.207. The molecule has 0 spiro atoms. The van der Waals surface area contributed by atoms with Crippen molar-refractivity contribution in [3.8, 4) is 0 Å². The summed E-state index contributed by atoms with van der Waals surface area (Å²) < 4.78 is 4.87. The van der Waals surface area contributed by atoms with Gasteiger partial charge >= 0.3 is 0 Å². The molecule has 0 fully saturated rings. The Morgan fingerprint density at radius 1 is 1.89 bits per heavy atom. The number of carbonyl (C=O) groups excluding carboxylic acids is 1. The van der Waals surface area contributed by atoms with E-state index in [4.69, 9.17) is 16.3 Å². The van der Waals surface area contributed by atoms with Crippen LogP contribution < -0.4 is 0 Å². The van der Waals surface area contributed by atoms with E-state index in [-0.39, 0.29) is 16.9 Å². The van der Waals surface area contributed by atoms with Gasteiger partial charge in [-0.25, -0.2) is 0 Å². The molecular formula is C6H7ClO2. The van der Waals surface area contributed by atoms with Gasteiger partial charge in [0.1, 0.15) is 0 Å². The lowest BCUT2D eigenvalue weighted by Crippen LogP contribution is -2.19. The van der Waals surface area contributed by atoms with Crippen molar-refractivity contribution in [2.75, 3.05) is 6.61 Å². The van der Waals surface area contributed by atoms with E-state index >= 15 is 0 Å². The van der Waals surface area contributed by atoms with Gasteiger partial charge in [-0.2, -0.15) is 0 Å². The van der Waals surface area contributed by atoms with Crippen LogP contribution in [0.25, 0.3) is 0 Å². The minimum atomic E-state index is -0.0347. The Balaban J connectivity index is 2.70. The molecule has 0 bridgehead atoms. The normalized spacial score (nSPS) is 27.1. The van der Waals surface area contributed by atoms with Crippen LogP contribution in [0, 0.1) is 5.92 Å². The maximum atomic E-state index is 10.8. The SMILES string of the molecule is CC1COC(Cl)=CC1=O. The zero-order chi connectivity index (χ0) is 6.85. The average molecular weight is 147 g/mol. The minimum absolute atomic E-state index is 0.0347. The Kier molecular flexibility index (Phi) is 1.76. The Hall–Kier alpha value is -0.500. The van der Waals surface area contributed by atoms with Crippen molar-refractivity contribution in [1.82, 2.24) is 0 Å². The number of rotatable bonds is 0. The zero-order valence-corrected chi connectivity index (χ0v) is 5.81. The summed E-state index contributed by atoms with van der Waals surface area (Å²) in [5.74, 6) is 0.0127. The first-order chi connectivity index (χ1) is 4.20. The van der Waals surface area contributed by atoms with Gasteiger partial charge in [-0.05, 0) is 11.6 Å². The van der Waals surface area contributed by atoms with Crippen LogP contribution in [0.2, 0.25) is 0 Å². The number of halogens is 1. The molecule has 3 heteroatoms. The third kappa shape index (κ3) is 1.45. The highest BCUT2D eigenvalue weighted by molar-refractivity contribution is 6.30. The maximum Gasteiger partial charge on any atom is 0.190 e. The lowest BCUT2D eigenvalue weighted by molar-refractivity contribution is -0.120. The van der Waals surface area contributed by atoms with Crippen molar-refractivity contribution >= 4 is 17.4 Å². The van der Waals surface area contributed by atoms with Crippen molar-refractivity contribution in [2.24, 2.45) is 5.92 Å². The summed E-state index contributed by atoms with van der Waals surface area (Å²) >= 11 is 5.39. The van der Waals surface area contributed by atoms with E-state index in [2.05, 4.69) is 0 Å². The second-order valence-electron chi connectivity index (χ2n) is 2.06. The Labute approximate surface area is 58.4 Å². The fourth-order valence-corrected chi connectivity index (χ4v) is 0.753. The van der Waals surface area contributed by atoms with Gasteiger partial charge in [0.15, 0.2) is 11.0 Å². The molecule has 0 aliphatic carbocycles. The standard InChI is InChI=1S/C6H7ClO2/c1-4-3-9-6(7)2-5(4)8/h2,4H,3H2,1H3. The van der Waals surface area contributed by atoms with Gasteiger partial charge in [-0.3, -0.25) is 4.79 Å². The van der Waals surface area contributed by atoms with E-state index in [1.165, 1.54) is 6.08 Å². The van der Waals surface area contributed by atoms with Crippen LogP contribution in [0.15, 0.2) is 11.3 Å². The van der Waals surface area contributed by atoms with Crippen LogP contribution >= 0.6 is 11.6 Å². The van der Waals surface area contributed by atoms with Crippen LogP contribution in [0.3, 0.4) is 0 Å². The Morgan fingerprint density at radius 2 is 2.56 bits per heavy atom. The molecule has 1 atom stereocenters. The smallest absolute Gasteiger partial charge is 0.190 e. The Morgan fingerprint density at radius 3 is 3.00 bits per heavy atom. The quantitative estimate of drug-likeness (QED) is 0.515. The first-order valence-electron chi connectivity index (χ1n) is 2.74. The monoisotopic (exact) mass is 146 g/mol. The van der Waals surface area contributed by atoms with Crippen LogP contribution in [0.5, 0.6) is 0 Å². The predicted molar refractivity (Wildman–Crippen MR) is 34.1 cm³/mol. The summed E-state index contributed by atoms with van der Waals surface area (Å²) in [6, 6.07) is 0. The number of allylic oxidation sites excluding steroid dienone is 1. The molecule has 0 amide bonds. The Bertz CT molecular complexity index is 162. The third-order valence-corrected chi connectivity index (χ3v) is 1.43. The van der Waals surface area contributed by atoms with Crippen molar-refractivity contribution in [3.05, 3.63) is 11.3 Å². The summed E-state index contributed by atoms with van der Waals surface area (Å²) in [6.45, 7) is 2.22. The molecule has 1 aliphatic rings. The molecule has 9 heavy (non-hydrogen) atoms. The molecule has 2 nitrogen and oxygen atoms in total. The van der Waals surface area contributed by atoms with E-state index in [1.807, 2.05) is 6.92 Å². The predicted octanol–water partition coefficient (Wildman–Crippen LogP) is 1.30. The fraction of sp³-hybridized carbons (Fsp3) is 0.500. The summed E-state index contributed by atoms with van der Waals surface area (Å²) in [6.07, 6.45) is 1.32. The van der Waals surface area contributed by atoms with Crippen LogP contribution in [0.1, 0.15) is 6.92 Å². The largest absolute Gasteiger partial charge is 0.482 e. The highest BCUT2D eigenvalue weighted by Crippen LogP contribution is 2.14. The molecule has 50 valence electrons. The van der Waals surface area contributed by atoms with Gasteiger partial charge in [0.25, 0.3) is 0 Å². The molecule has 0 saturated heterocycles. The van der Waals surface area contributed by atoms with Crippen molar-refractivity contribution in [3.63, 3.8) is 0 Å². The molecule has 0 N–H and O–H groups in total. The molecule has 1 heterocycles. The third-order valence-electron chi connectivity index (χ3n) is 1.21. The fourth-order valence-electron chi connectivity index (χ4n) is 0.583. The van der Waals surface area contributed by atoms with E-state index in [9.17, 15) is 4.79 Å². The van der Waals surface area contributed by atoms with Crippen LogP contribution in [-0.4, -0.2) is 12.4 Å². The van der Waals surface area contributed by atoms with Crippen LogP contribution in [0.4, 0.5) is 0 Å². The number of carbonyl (C=O) groups is 1. The lowest BCUT2D eigenvalue weighted by atomic mass is 10.1. The number of hydrogen-bond donors (Lipinski definition) is 0. The molecule has 0 radical (unpaired) electrons. The molecule has 1 rings (SSSR count). The van der Waals surface area contributed by atoms with E-state index < -0.39 is 0 Å². The minimum Gasteiger partial charge on any atom is -0.482 e. The van der Waals surface area contributed by atoms with Gasteiger partial charge in [0.05, 0.1) is 12.5 Å². The summed E-state index contributed by atoms with van der Waals surface area (Å²) in [4.78, 5) is 10.8. The van der Waals surface area contributed by atoms with E-state index in [0.717, 1.165) is 0 Å². The highest BCUT2D eigenvalue weighted by Gasteiger charge is 2.17. The maximum absolute atomic E-state index is 10.8. The van der Waals surface area contributed by atoms with Crippen molar-refractivity contribution in [2.45, 2.75) is 6.92 Å². The van der Waals surface area contributed by atoms with Gasteiger partial charge in [0.2, 0.25) is 0 Å². The first-order valence-corrected chi connectivity index (χ1v) is 3.12. The first kappa shape index (κ1) is 6.62. The second-order valence-corrected chi connectivity index (χ2v) is 2.44. The molecule has 1 unspecified atom stereocenters. The lowest BCUT2D eigenvalue weighted by Gasteiger charge is -2.14. The van der Waals surface area contributed by atoms with Crippen molar-refractivity contribution < 1.29 is 9.53 Å². The molecule has 1 aliphatic heterocycles. The molecule has 0 aromatic rings. The van der Waals surface area contributed by atoms with Gasteiger partial charge in [-0.15, -0.1) is 0 Å². The molecular weight excluding hydrogens is 140 g/mol. The van der Waals surface area contributed by atoms with Gasteiger partial charge in [0, 0.05) is 6.08 Å². The molecule has 0 aromatic heterocycles. The van der Waals surface area contributed by atoms with E-state index in [1.54, 1.807) is 0 Å². The van der Waals surface area contributed by atoms with E-state index in [0.29, 0.717) is 6.61 Å². The number of ketones is 1. The molecule has 0 aromatic carbocycles. The number of ether oxygens (including phenoxy) is 1.